The fraction of sp³-hybridized carbons (Fsp3) is 0.167. The molecule has 6 heteroatoms. The van der Waals surface area contributed by atoms with Crippen molar-refractivity contribution in [3.8, 4) is 0 Å². The van der Waals surface area contributed by atoms with Crippen molar-refractivity contribution in [1.82, 2.24) is 4.98 Å². The van der Waals surface area contributed by atoms with Gasteiger partial charge in [0.15, 0.2) is 0 Å². The first-order valence-corrected chi connectivity index (χ1v) is 3.12. The highest BCUT2D eigenvalue weighted by Gasteiger charge is 2.12. The third-order valence-electron chi connectivity index (χ3n) is 1.33. The van der Waals surface area contributed by atoms with E-state index < -0.39 is 17.1 Å². The molecule has 0 atom stereocenters. The Morgan fingerprint density at radius 1 is 1.58 bits per heavy atom. The molecule has 0 saturated carbocycles. The number of aliphatic hydroxyl groups excluding tert-OH is 1. The summed E-state index contributed by atoms with van der Waals surface area (Å²) in [4.78, 5) is 22.4. The number of rotatable bonds is 2. The van der Waals surface area contributed by atoms with Gasteiger partial charge in [-0.3, -0.25) is 14.9 Å². The fourth-order valence-corrected chi connectivity index (χ4v) is 0.801. The summed E-state index contributed by atoms with van der Waals surface area (Å²) in [5.74, 6) is 0. The van der Waals surface area contributed by atoms with Crippen LogP contribution >= 0.6 is 0 Å². The van der Waals surface area contributed by atoms with E-state index in [9.17, 15) is 14.9 Å². The number of nitrogens with one attached hydrogen (secondary N) is 1. The van der Waals surface area contributed by atoms with Crippen LogP contribution in [0.15, 0.2) is 16.9 Å². The lowest BCUT2D eigenvalue weighted by atomic mass is 10.3. The molecule has 0 aromatic carbocycles. The van der Waals surface area contributed by atoms with Crippen molar-refractivity contribution in [2.24, 2.45) is 0 Å². The predicted molar refractivity (Wildman–Crippen MR) is 39.6 cm³/mol. The Balaban J connectivity index is 3.29. The molecule has 0 aliphatic carbocycles. The van der Waals surface area contributed by atoms with Crippen LogP contribution in [-0.4, -0.2) is 15.0 Å². The van der Waals surface area contributed by atoms with Gasteiger partial charge in [0.2, 0.25) is 5.56 Å². The minimum atomic E-state index is -0.665. The minimum Gasteiger partial charge on any atom is -0.390 e. The van der Waals surface area contributed by atoms with E-state index in [2.05, 4.69) is 4.98 Å². The summed E-state index contributed by atoms with van der Waals surface area (Å²) in [6, 6.07) is 2.10. The van der Waals surface area contributed by atoms with Crippen molar-refractivity contribution in [2.45, 2.75) is 6.61 Å². The first-order chi connectivity index (χ1) is 5.65. The van der Waals surface area contributed by atoms with E-state index in [1.165, 1.54) is 0 Å². The number of aromatic amines is 1. The fourth-order valence-electron chi connectivity index (χ4n) is 0.801. The van der Waals surface area contributed by atoms with Crippen LogP contribution < -0.4 is 5.56 Å². The summed E-state index contributed by atoms with van der Waals surface area (Å²) in [6.45, 7) is -0.549. The van der Waals surface area contributed by atoms with Crippen molar-refractivity contribution in [2.75, 3.05) is 0 Å². The first kappa shape index (κ1) is 8.41. The number of aromatic nitrogens is 1. The van der Waals surface area contributed by atoms with Gasteiger partial charge in [-0.15, -0.1) is 0 Å². The van der Waals surface area contributed by atoms with Gasteiger partial charge in [-0.05, 0) is 0 Å². The molecule has 2 N–H and O–H groups in total. The maximum atomic E-state index is 10.6. The van der Waals surface area contributed by atoms with Gasteiger partial charge >= 0.3 is 0 Å². The van der Waals surface area contributed by atoms with Crippen LogP contribution in [0, 0.1) is 10.1 Å². The summed E-state index contributed by atoms with van der Waals surface area (Å²) in [5.41, 5.74) is -0.825. The van der Waals surface area contributed by atoms with Gasteiger partial charge in [0, 0.05) is 12.1 Å². The van der Waals surface area contributed by atoms with Crippen molar-refractivity contribution in [3.63, 3.8) is 0 Å². The predicted octanol–water partition coefficient (Wildman–Crippen LogP) is -0.225. The van der Waals surface area contributed by atoms with Crippen LogP contribution in [0.4, 0.5) is 5.69 Å². The zero-order valence-electron chi connectivity index (χ0n) is 5.98. The average Bonchev–Trinajstić information content (AvgIpc) is 2.03. The zero-order valence-corrected chi connectivity index (χ0v) is 5.98. The lowest BCUT2D eigenvalue weighted by Crippen LogP contribution is -2.09. The Morgan fingerprint density at radius 2 is 2.25 bits per heavy atom. The molecule has 0 bridgehead atoms. The minimum absolute atomic E-state index is 0.0764. The summed E-state index contributed by atoms with van der Waals surface area (Å²) >= 11 is 0. The standard InChI is InChI=1S/C6H6N2O4/c9-3-4-5(8(11)12)1-2-6(10)7-4/h1-2,9H,3H2,(H,7,10). The molecule has 0 unspecified atom stereocenters. The Hall–Kier alpha value is -1.69. The second-order valence-corrected chi connectivity index (χ2v) is 2.10. The normalized spacial score (nSPS) is 9.75. The Morgan fingerprint density at radius 3 is 2.75 bits per heavy atom. The van der Waals surface area contributed by atoms with Gasteiger partial charge in [0.05, 0.1) is 11.5 Å². The van der Waals surface area contributed by atoms with Crippen LogP contribution in [0.1, 0.15) is 5.69 Å². The van der Waals surface area contributed by atoms with Crippen molar-refractivity contribution >= 4 is 5.69 Å². The molecule has 0 saturated heterocycles. The number of H-pyrrole nitrogens is 1. The average molecular weight is 170 g/mol. The second kappa shape index (κ2) is 3.14. The van der Waals surface area contributed by atoms with E-state index in [0.717, 1.165) is 12.1 Å². The summed E-state index contributed by atoms with van der Waals surface area (Å²) in [6.07, 6.45) is 0. The van der Waals surface area contributed by atoms with Gasteiger partial charge in [0.25, 0.3) is 5.69 Å². The van der Waals surface area contributed by atoms with Crippen molar-refractivity contribution in [1.29, 1.82) is 0 Å². The number of aliphatic hydroxyl groups is 1. The lowest BCUT2D eigenvalue weighted by Gasteiger charge is -1.96. The SMILES string of the molecule is O=c1ccc([N+](=O)[O-])c(CO)[nH]1. The van der Waals surface area contributed by atoms with Gasteiger partial charge in [0.1, 0.15) is 5.69 Å². The molecule has 12 heavy (non-hydrogen) atoms. The van der Waals surface area contributed by atoms with E-state index in [1.807, 2.05) is 0 Å². The van der Waals surface area contributed by atoms with E-state index >= 15 is 0 Å². The molecule has 1 aromatic rings. The summed E-state index contributed by atoms with van der Waals surface area (Å²) in [7, 11) is 0. The highest BCUT2D eigenvalue weighted by Crippen LogP contribution is 2.12. The van der Waals surface area contributed by atoms with Gasteiger partial charge in [-0.1, -0.05) is 0 Å². The third-order valence-corrected chi connectivity index (χ3v) is 1.33. The smallest absolute Gasteiger partial charge is 0.291 e. The van der Waals surface area contributed by atoms with Gasteiger partial charge in [-0.2, -0.15) is 0 Å². The molecule has 6 nitrogen and oxygen atoms in total. The lowest BCUT2D eigenvalue weighted by molar-refractivity contribution is -0.386. The molecule has 0 amide bonds. The molecule has 1 heterocycles. The van der Waals surface area contributed by atoms with Crippen LogP contribution in [0.5, 0.6) is 0 Å². The van der Waals surface area contributed by atoms with E-state index in [-0.39, 0.29) is 11.4 Å². The van der Waals surface area contributed by atoms with Gasteiger partial charge in [-0.25, -0.2) is 0 Å². The Labute approximate surface area is 66.6 Å². The molecule has 0 radical (unpaired) electrons. The first-order valence-electron chi connectivity index (χ1n) is 3.12. The number of hydrogen-bond donors (Lipinski definition) is 2. The molecule has 1 rings (SSSR count). The Kier molecular flexibility index (Phi) is 2.20. The third kappa shape index (κ3) is 1.48. The van der Waals surface area contributed by atoms with Crippen LogP contribution in [0.2, 0.25) is 0 Å². The molecule has 0 spiro atoms. The summed E-state index contributed by atoms with van der Waals surface area (Å²) < 4.78 is 0. The summed E-state index contributed by atoms with van der Waals surface area (Å²) in [5, 5.41) is 18.9. The van der Waals surface area contributed by atoms with Crippen molar-refractivity contribution < 1.29 is 10.0 Å². The number of hydrogen-bond acceptors (Lipinski definition) is 4. The second-order valence-electron chi connectivity index (χ2n) is 2.10. The number of nitrogens with zero attached hydrogens (tertiary/aromatic N) is 1. The maximum Gasteiger partial charge on any atom is 0.291 e. The molecule has 0 aliphatic heterocycles. The largest absolute Gasteiger partial charge is 0.390 e. The molecule has 1 aromatic heterocycles. The molecule has 64 valence electrons. The number of pyridine rings is 1. The van der Waals surface area contributed by atoms with Gasteiger partial charge < -0.3 is 10.1 Å². The topological polar surface area (TPSA) is 96.2 Å². The van der Waals surface area contributed by atoms with Crippen molar-refractivity contribution in [3.05, 3.63) is 38.3 Å². The molecule has 0 aliphatic rings. The molecular formula is C6H6N2O4. The van der Waals surface area contributed by atoms with E-state index in [0.29, 0.717) is 0 Å². The monoisotopic (exact) mass is 170 g/mol. The highest BCUT2D eigenvalue weighted by atomic mass is 16.6. The zero-order chi connectivity index (χ0) is 9.14. The maximum absolute atomic E-state index is 10.6. The van der Waals surface area contributed by atoms with E-state index in [4.69, 9.17) is 5.11 Å². The van der Waals surface area contributed by atoms with Crippen LogP contribution in [-0.2, 0) is 6.61 Å². The molecule has 0 fully saturated rings. The highest BCUT2D eigenvalue weighted by molar-refractivity contribution is 5.33. The number of nitro groups is 1. The quantitative estimate of drug-likeness (QED) is 0.473. The molecular weight excluding hydrogens is 164 g/mol. The van der Waals surface area contributed by atoms with Crippen LogP contribution in [0.3, 0.4) is 0 Å². The van der Waals surface area contributed by atoms with Crippen LogP contribution in [0.25, 0.3) is 0 Å². The Bertz CT molecular complexity index is 357. The van der Waals surface area contributed by atoms with E-state index in [1.54, 1.807) is 0 Å².